The minimum absolute atomic E-state index is 0.162. The van der Waals surface area contributed by atoms with Crippen LogP contribution in [0.4, 0.5) is 5.82 Å². The molecule has 1 amide bonds. The van der Waals surface area contributed by atoms with E-state index in [-0.39, 0.29) is 11.5 Å². The lowest BCUT2D eigenvalue weighted by Gasteiger charge is -2.17. The maximum Gasteiger partial charge on any atom is 0.266 e. The molecule has 1 N–H and O–H groups in total. The Bertz CT molecular complexity index is 1310. The highest BCUT2D eigenvalue weighted by Gasteiger charge is 2.23. The number of carbonyl (C=O) groups is 1. The summed E-state index contributed by atoms with van der Waals surface area (Å²) in [4.78, 5) is 31.1. The second kappa shape index (κ2) is 9.40. The molecular weight excluding hydrogens is 424 g/mol. The number of rotatable bonds is 7. The standard InChI is InChI=1S/C24H24N4O3S/c1-4-16-10-12-17(13-11-16)28-23(30)18-8-6-7-9-19(18)25-24(28)32-20(5-2)22(29)26-21-14-15(3)31-27-21/h6-14,20H,4-5H2,1-3H3,(H,26,27,29). The number of hydrogen-bond acceptors (Lipinski definition) is 6. The zero-order valence-electron chi connectivity index (χ0n) is 18.2. The number of fused-ring (bicyclic) bond motifs is 1. The van der Waals surface area contributed by atoms with Crippen molar-refractivity contribution in [3.05, 3.63) is 76.3 Å². The fourth-order valence-electron chi connectivity index (χ4n) is 3.38. The Morgan fingerprint density at radius 3 is 2.56 bits per heavy atom. The first-order chi connectivity index (χ1) is 15.5. The van der Waals surface area contributed by atoms with Gasteiger partial charge >= 0.3 is 0 Å². The Labute approximate surface area is 189 Å². The second-order valence-corrected chi connectivity index (χ2v) is 8.57. The van der Waals surface area contributed by atoms with Gasteiger partial charge < -0.3 is 9.84 Å². The van der Waals surface area contributed by atoms with Gasteiger partial charge in [-0.2, -0.15) is 0 Å². The minimum atomic E-state index is -0.471. The summed E-state index contributed by atoms with van der Waals surface area (Å²) in [5, 5.41) is 7.14. The highest BCUT2D eigenvalue weighted by atomic mass is 32.2. The molecule has 1 unspecified atom stereocenters. The highest BCUT2D eigenvalue weighted by molar-refractivity contribution is 8.00. The lowest BCUT2D eigenvalue weighted by molar-refractivity contribution is -0.115. The highest BCUT2D eigenvalue weighted by Crippen LogP contribution is 2.28. The van der Waals surface area contributed by atoms with Gasteiger partial charge in [-0.1, -0.05) is 55.0 Å². The Hall–Kier alpha value is -3.39. The minimum Gasteiger partial charge on any atom is -0.360 e. The molecule has 2 aromatic carbocycles. The Balaban J connectivity index is 1.75. The monoisotopic (exact) mass is 448 g/mol. The summed E-state index contributed by atoms with van der Waals surface area (Å²) in [6, 6.07) is 16.8. The second-order valence-electron chi connectivity index (χ2n) is 7.40. The van der Waals surface area contributed by atoms with E-state index >= 15 is 0 Å². The van der Waals surface area contributed by atoms with Crippen LogP contribution >= 0.6 is 11.8 Å². The molecular formula is C24H24N4O3S. The Morgan fingerprint density at radius 1 is 1.16 bits per heavy atom. The molecule has 7 nitrogen and oxygen atoms in total. The lowest BCUT2D eigenvalue weighted by atomic mass is 10.1. The van der Waals surface area contributed by atoms with Crippen LogP contribution in [-0.2, 0) is 11.2 Å². The smallest absolute Gasteiger partial charge is 0.266 e. The van der Waals surface area contributed by atoms with Gasteiger partial charge in [0.15, 0.2) is 11.0 Å². The maximum absolute atomic E-state index is 13.4. The molecule has 1 atom stereocenters. The van der Waals surface area contributed by atoms with E-state index in [1.54, 1.807) is 23.6 Å². The van der Waals surface area contributed by atoms with Crippen LogP contribution in [0.3, 0.4) is 0 Å². The predicted molar refractivity (Wildman–Crippen MR) is 127 cm³/mol. The summed E-state index contributed by atoms with van der Waals surface area (Å²) in [5.41, 5.74) is 2.34. The number of aromatic nitrogens is 3. The molecule has 0 fully saturated rings. The van der Waals surface area contributed by atoms with E-state index in [1.807, 2.05) is 49.4 Å². The lowest BCUT2D eigenvalue weighted by Crippen LogP contribution is -2.27. The number of para-hydroxylation sites is 1. The van der Waals surface area contributed by atoms with Crippen molar-refractivity contribution in [1.29, 1.82) is 0 Å². The van der Waals surface area contributed by atoms with Gasteiger partial charge in [0.2, 0.25) is 5.91 Å². The number of benzene rings is 2. The summed E-state index contributed by atoms with van der Waals surface area (Å²) in [5.74, 6) is 0.758. The van der Waals surface area contributed by atoms with Crippen molar-refractivity contribution >= 4 is 34.4 Å². The van der Waals surface area contributed by atoms with Gasteiger partial charge in [-0.15, -0.1) is 0 Å². The number of carbonyl (C=O) groups excluding carboxylic acids is 1. The fourth-order valence-corrected chi connectivity index (χ4v) is 4.41. The number of hydrogen-bond donors (Lipinski definition) is 1. The number of nitrogens with zero attached hydrogens (tertiary/aromatic N) is 3. The van der Waals surface area contributed by atoms with Gasteiger partial charge in [-0.25, -0.2) is 4.98 Å². The molecule has 0 saturated carbocycles. The van der Waals surface area contributed by atoms with E-state index in [0.29, 0.717) is 34.1 Å². The first kappa shape index (κ1) is 21.8. The maximum atomic E-state index is 13.4. The zero-order valence-corrected chi connectivity index (χ0v) is 19.0. The third kappa shape index (κ3) is 4.45. The van der Waals surface area contributed by atoms with Crippen LogP contribution in [0, 0.1) is 6.92 Å². The van der Waals surface area contributed by atoms with Gasteiger partial charge in [0, 0.05) is 6.07 Å². The van der Waals surface area contributed by atoms with Crippen LogP contribution in [0.25, 0.3) is 16.6 Å². The summed E-state index contributed by atoms with van der Waals surface area (Å²) in [6.45, 7) is 5.77. The van der Waals surface area contributed by atoms with Gasteiger partial charge in [0.05, 0.1) is 21.8 Å². The summed E-state index contributed by atoms with van der Waals surface area (Å²) in [6.07, 6.45) is 1.46. The van der Waals surface area contributed by atoms with Gasteiger partial charge in [0.1, 0.15) is 5.76 Å². The van der Waals surface area contributed by atoms with Crippen molar-refractivity contribution in [2.75, 3.05) is 5.32 Å². The first-order valence-corrected chi connectivity index (χ1v) is 11.4. The van der Waals surface area contributed by atoms with Gasteiger partial charge in [0.25, 0.3) is 5.56 Å². The molecule has 8 heteroatoms. The van der Waals surface area contributed by atoms with Crippen LogP contribution in [0.2, 0.25) is 0 Å². The predicted octanol–water partition coefficient (Wildman–Crippen LogP) is 4.75. The molecule has 0 aliphatic carbocycles. The third-order valence-corrected chi connectivity index (χ3v) is 6.45. The quantitative estimate of drug-likeness (QED) is 0.324. The molecule has 0 aliphatic rings. The fraction of sp³-hybridized carbons (Fsp3) is 0.250. The summed E-state index contributed by atoms with van der Waals surface area (Å²) in [7, 11) is 0. The topological polar surface area (TPSA) is 90.0 Å². The van der Waals surface area contributed by atoms with E-state index in [4.69, 9.17) is 9.51 Å². The van der Waals surface area contributed by atoms with Crippen molar-refractivity contribution in [1.82, 2.24) is 14.7 Å². The zero-order chi connectivity index (χ0) is 22.7. The summed E-state index contributed by atoms with van der Waals surface area (Å²) >= 11 is 1.26. The SMILES string of the molecule is CCc1ccc(-n2c(SC(CC)C(=O)Nc3cc(C)on3)nc3ccccc3c2=O)cc1. The summed E-state index contributed by atoms with van der Waals surface area (Å²) < 4.78 is 6.61. The average Bonchev–Trinajstić information content (AvgIpc) is 3.22. The van der Waals surface area contributed by atoms with E-state index < -0.39 is 5.25 Å². The molecule has 4 aromatic rings. The van der Waals surface area contributed by atoms with Crippen LogP contribution < -0.4 is 10.9 Å². The molecule has 32 heavy (non-hydrogen) atoms. The Kier molecular flexibility index (Phi) is 6.41. The largest absolute Gasteiger partial charge is 0.360 e. The molecule has 4 rings (SSSR count). The van der Waals surface area contributed by atoms with E-state index in [2.05, 4.69) is 17.4 Å². The van der Waals surface area contributed by atoms with Gasteiger partial charge in [-0.05, 0) is 49.6 Å². The van der Waals surface area contributed by atoms with Crippen molar-refractivity contribution in [3.8, 4) is 5.69 Å². The van der Waals surface area contributed by atoms with Crippen LogP contribution in [0.5, 0.6) is 0 Å². The number of nitrogens with one attached hydrogen (secondary N) is 1. The molecule has 0 saturated heterocycles. The molecule has 0 spiro atoms. The van der Waals surface area contributed by atoms with Crippen molar-refractivity contribution in [2.24, 2.45) is 0 Å². The Morgan fingerprint density at radius 2 is 1.91 bits per heavy atom. The molecule has 2 heterocycles. The number of thioether (sulfide) groups is 1. The molecule has 0 bridgehead atoms. The van der Waals surface area contributed by atoms with Crippen LogP contribution in [0.15, 0.2) is 69.1 Å². The van der Waals surface area contributed by atoms with Crippen molar-refractivity contribution < 1.29 is 9.32 Å². The molecule has 164 valence electrons. The van der Waals surface area contributed by atoms with Crippen molar-refractivity contribution in [3.63, 3.8) is 0 Å². The van der Waals surface area contributed by atoms with E-state index in [1.165, 1.54) is 17.3 Å². The third-order valence-electron chi connectivity index (χ3n) is 5.14. The first-order valence-electron chi connectivity index (χ1n) is 10.5. The molecule has 0 radical (unpaired) electrons. The van der Waals surface area contributed by atoms with E-state index in [0.717, 1.165) is 12.1 Å². The van der Waals surface area contributed by atoms with Gasteiger partial charge in [-0.3, -0.25) is 14.2 Å². The number of amides is 1. The van der Waals surface area contributed by atoms with Crippen LogP contribution in [-0.4, -0.2) is 25.9 Å². The van der Waals surface area contributed by atoms with Crippen LogP contribution in [0.1, 0.15) is 31.6 Å². The number of aryl methyl sites for hydroxylation is 2. The normalized spacial score (nSPS) is 12.1. The number of anilines is 1. The van der Waals surface area contributed by atoms with E-state index in [9.17, 15) is 9.59 Å². The molecule has 0 aliphatic heterocycles. The van der Waals surface area contributed by atoms with Crippen molar-refractivity contribution in [2.45, 2.75) is 44.0 Å². The average molecular weight is 449 g/mol. The molecule has 2 aromatic heterocycles.